The number of nitrogens with one attached hydrogen (secondary N) is 1. The van der Waals surface area contributed by atoms with Crippen LogP contribution in [-0.2, 0) is 4.74 Å². The number of rotatable bonds is 7. The summed E-state index contributed by atoms with van der Waals surface area (Å²) in [6.07, 6.45) is 1.39. The predicted molar refractivity (Wildman–Crippen MR) is 74.5 cm³/mol. The molecule has 0 fully saturated rings. The molecule has 0 atom stereocenters. The zero-order chi connectivity index (χ0) is 14.4. The molecule has 0 saturated carbocycles. The Kier molecular flexibility index (Phi) is 4.90. The van der Waals surface area contributed by atoms with Crippen LogP contribution < -0.4 is 5.32 Å². The molecule has 20 heavy (non-hydrogen) atoms. The van der Waals surface area contributed by atoms with Crippen LogP contribution in [0.5, 0.6) is 0 Å². The first-order valence-corrected chi connectivity index (χ1v) is 6.33. The molecule has 2 rings (SSSR count). The average molecular weight is 277 g/mol. The van der Waals surface area contributed by atoms with Gasteiger partial charge in [-0.1, -0.05) is 6.07 Å². The largest absolute Gasteiger partial charge is 0.453 e. The number of carbonyl (C=O) groups excluding carboxylic acids is 1. The lowest BCUT2D eigenvalue weighted by Gasteiger charge is -2.11. The molecule has 1 aromatic heterocycles. The van der Waals surface area contributed by atoms with Crippen LogP contribution in [0.1, 0.15) is 17.0 Å². The van der Waals surface area contributed by atoms with E-state index in [0.717, 1.165) is 6.42 Å². The van der Waals surface area contributed by atoms with E-state index in [0.29, 0.717) is 36.4 Å². The summed E-state index contributed by atoms with van der Waals surface area (Å²) < 4.78 is 24.2. The molecule has 0 amide bonds. The molecule has 0 aliphatic heterocycles. The minimum atomic E-state index is -0.357. The van der Waals surface area contributed by atoms with Crippen molar-refractivity contribution in [2.24, 2.45) is 0 Å². The van der Waals surface area contributed by atoms with Gasteiger partial charge in [0.2, 0.25) is 0 Å². The van der Waals surface area contributed by atoms with Crippen molar-refractivity contribution in [3.05, 3.63) is 41.9 Å². The third-order valence-corrected chi connectivity index (χ3v) is 2.85. The van der Waals surface area contributed by atoms with Crippen LogP contribution in [0.2, 0.25) is 0 Å². The Morgan fingerprint density at radius 2 is 2.20 bits per heavy atom. The normalized spacial score (nSPS) is 10.5. The van der Waals surface area contributed by atoms with Crippen molar-refractivity contribution < 1.29 is 18.3 Å². The number of furan rings is 1. The second-order valence-corrected chi connectivity index (χ2v) is 4.26. The number of hydrogen-bond acceptors (Lipinski definition) is 4. The standard InChI is InChI=1S/C15H16FNO3/c1-19-9-3-8-17-15-12(4-2-5-13(15)16)14-7-6-11(10-18)20-14/h2,4-7,10,17H,3,8-9H2,1H3. The number of methoxy groups -OCH3 is 1. The molecule has 106 valence electrons. The third kappa shape index (κ3) is 3.24. The zero-order valence-electron chi connectivity index (χ0n) is 11.2. The van der Waals surface area contributed by atoms with Crippen LogP contribution in [0.4, 0.5) is 10.1 Å². The topological polar surface area (TPSA) is 51.5 Å². The molecule has 0 radical (unpaired) electrons. The zero-order valence-corrected chi connectivity index (χ0v) is 11.2. The van der Waals surface area contributed by atoms with Crippen LogP contribution >= 0.6 is 0 Å². The van der Waals surface area contributed by atoms with E-state index in [9.17, 15) is 9.18 Å². The van der Waals surface area contributed by atoms with E-state index in [1.807, 2.05) is 0 Å². The number of halogens is 1. The van der Waals surface area contributed by atoms with Gasteiger partial charge in [-0.3, -0.25) is 4.79 Å². The summed E-state index contributed by atoms with van der Waals surface area (Å²) in [5, 5.41) is 3.04. The third-order valence-electron chi connectivity index (χ3n) is 2.85. The van der Waals surface area contributed by atoms with Crippen molar-refractivity contribution in [3.8, 4) is 11.3 Å². The molecule has 1 N–H and O–H groups in total. The molecule has 0 unspecified atom stereocenters. The molecule has 0 bridgehead atoms. The first kappa shape index (κ1) is 14.3. The van der Waals surface area contributed by atoms with Gasteiger partial charge in [-0.15, -0.1) is 0 Å². The summed E-state index contributed by atoms with van der Waals surface area (Å²) in [6, 6.07) is 7.94. The van der Waals surface area contributed by atoms with Crippen molar-refractivity contribution in [3.63, 3.8) is 0 Å². The number of carbonyl (C=O) groups is 1. The maximum atomic E-state index is 13.9. The maximum Gasteiger partial charge on any atom is 0.185 e. The Morgan fingerprint density at radius 1 is 1.35 bits per heavy atom. The molecule has 2 aromatic rings. The van der Waals surface area contributed by atoms with Gasteiger partial charge in [0.05, 0.1) is 5.69 Å². The second kappa shape index (κ2) is 6.86. The predicted octanol–water partition coefficient (Wildman–Crippen LogP) is 3.35. The lowest BCUT2D eigenvalue weighted by Crippen LogP contribution is -2.07. The molecular weight excluding hydrogens is 261 g/mol. The van der Waals surface area contributed by atoms with Crippen LogP contribution in [0, 0.1) is 5.82 Å². The Hall–Kier alpha value is -2.14. The minimum Gasteiger partial charge on any atom is -0.453 e. The number of aldehydes is 1. The maximum absolute atomic E-state index is 13.9. The molecule has 0 aliphatic rings. The van der Waals surface area contributed by atoms with E-state index in [4.69, 9.17) is 9.15 Å². The molecule has 1 aromatic carbocycles. The number of benzene rings is 1. The van der Waals surface area contributed by atoms with Gasteiger partial charge < -0.3 is 14.5 Å². The van der Waals surface area contributed by atoms with Gasteiger partial charge in [-0.05, 0) is 30.7 Å². The summed E-state index contributed by atoms with van der Waals surface area (Å²) in [5.41, 5.74) is 0.964. The van der Waals surface area contributed by atoms with Crippen molar-refractivity contribution >= 4 is 12.0 Å². The van der Waals surface area contributed by atoms with Gasteiger partial charge in [0.15, 0.2) is 12.0 Å². The number of ether oxygens (including phenoxy) is 1. The van der Waals surface area contributed by atoms with Gasteiger partial charge in [0, 0.05) is 25.8 Å². The Bertz CT molecular complexity index is 580. The summed E-state index contributed by atoms with van der Waals surface area (Å²) in [4.78, 5) is 10.6. The molecule has 0 spiro atoms. The average Bonchev–Trinajstić information content (AvgIpc) is 2.93. The Balaban J connectivity index is 2.23. The van der Waals surface area contributed by atoms with Gasteiger partial charge in [0.25, 0.3) is 0 Å². The van der Waals surface area contributed by atoms with Crippen molar-refractivity contribution in [1.29, 1.82) is 0 Å². The Morgan fingerprint density at radius 3 is 2.90 bits per heavy atom. The number of anilines is 1. The first-order valence-electron chi connectivity index (χ1n) is 6.33. The smallest absolute Gasteiger partial charge is 0.185 e. The molecule has 4 nitrogen and oxygen atoms in total. The van der Waals surface area contributed by atoms with E-state index in [1.54, 1.807) is 31.4 Å². The highest BCUT2D eigenvalue weighted by molar-refractivity contribution is 5.78. The van der Waals surface area contributed by atoms with E-state index in [-0.39, 0.29) is 11.6 Å². The molecule has 5 heteroatoms. The monoisotopic (exact) mass is 277 g/mol. The van der Waals surface area contributed by atoms with Gasteiger partial charge in [0.1, 0.15) is 11.6 Å². The molecule has 0 saturated heterocycles. The van der Waals surface area contributed by atoms with Crippen molar-refractivity contribution in [2.75, 3.05) is 25.6 Å². The highest BCUT2D eigenvalue weighted by atomic mass is 19.1. The SMILES string of the molecule is COCCCNc1c(F)cccc1-c1ccc(C=O)o1. The van der Waals surface area contributed by atoms with Gasteiger partial charge in [-0.2, -0.15) is 0 Å². The second-order valence-electron chi connectivity index (χ2n) is 4.26. The lowest BCUT2D eigenvalue weighted by molar-refractivity contribution is 0.110. The minimum absolute atomic E-state index is 0.217. The van der Waals surface area contributed by atoms with Crippen LogP contribution in [0.15, 0.2) is 34.7 Å². The van der Waals surface area contributed by atoms with Crippen LogP contribution in [-0.4, -0.2) is 26.5 Å². The summed E-state index contributed by atoms with van der Waals surface area (Å²) >= 11 is 0. The van der Waals surface area contributed by atoms with Crippen LogP contribution in [0.25, 0.3) is 11.3 Å². The van der Waals surface area contributed by atoms with Gasteiger partial charge >= 0.3 is 0 Å². The summed E-state index contributed by atoms with van der Waals surface area (Å²) in [5.74, 6) is 0.319. The first-order chi connectivity index (χ1) is 9.76. The highest BCUT2D eigenvalue weighted by Crippen LogP contribution is 2.31. The Labute approximate surface area is 116 Å². The van der Waals surface area contributed by atoms with E-state index in [1.165, 1.54) is 6.07 Å². The fraction of sp³-hybridized carbons (Fsp3) is 0.267. The fourth-order valence-electron chi connectivity index (χ4n) is 1.90. The van der Waals surface area contributed by atoms with E-state index < -0.39 is 0 Å². The van der Waals surface area contributed by atoms with Crippen molar-refractivity contribution in [1.82, 2.24) is 0 Å². The quantitative estimate of drug-likeness (QED) is 0.623. The molecular formula is C15H16FNO3. The van der Waals surface area contributed by atoms with E-state index >= 15 is 0 Å². The molecule has 0 aliphatic carbocycles. The van der Waals surface area contributed by atoms with Crippen LogP contribution in [0.3, 0.4) is 0 Å². The molecule has 1 heterocycles. The summed E-state index contributed by atoms with van der Waals surface area (Å²) in [6.45, 7) is 1.19. The lowest BCUT2D eigenvalue weighted by atomic mass is 10.1. The van der Waals surface area contributed by atoms with Gasteiger partial charge in [-0.25, -0.2) is 4.39 Å². The number of para-hydroxylation sites is 1. The number of hydrogen-bond donors (Lipinski definition) is 1. The highest BCUT2D eigenvalue weighted by Gasteiger charge is 2.13. The fourth-order valence-corrected chi connectivity index (χ4v) is 1.90. The summed E-state index contributed by atoms with van der Waals surface area (Å²) in [7, 11) is 1.62. The van der Waals surface area contributed by atoms with E-state index in [2.05, 4.69) is 5.32 Å². The van der Waals surface area contributed by atoms with Crippen molar-refractivity contribution in [2.45, 2.75) is 6.42 Å².